The Hall–Kier alpha value is -0.805. The van der Waals surface area contributed by atoms with Gasteiger partial charge in [0.25, 0.3) is 0 Å². The second-order valence-corrected chi connectivity index (χ2v) is 7.44. The summed E-state index contributed by atoms with van der Waals surface area (Å²) in [6.07, 6.45) is 2.00. The quantitative estimate of drug-likeness (QED) is 0.728. The Morgan fingerprint density at radius 1 is 1.11 bits per heavy atom. The zero-order valence-electron chi connectivity index (χ0n) is 13.4. The van der Waals surface area contributed by atoms with Crippen molar-refractivity contribution in [2.24, 2.45) is 7.05 Å². The second-order valence-electron chi connectivity index (χ2n) is 7.44. The van der Waals surface area contributed by atoms with Crippen molar-refractivity contribution in [1.29, 1.82) is 0 Å². The number of hydrogen-bond acceptors (Lipinski definition) is 3. The molecule has 0 aliphatic carbocycles. The molecule has 0 atom stereocenters. The van der Waals surface area contributed by atoms with Gasteiger partial charge in [0.2, 0.25) is 0 Å². The molecule has 0 unspecified atom stereocenters. The van der Waals surface area contributed by atoms with Crippen LogP contribution in [0.3, 0.4) is 0 Å². The maximum atomic E-state index is 6.12. The second kappa shape index (κ2) is 4.09. The minimum Gasteiger partial charge on any atom is -0.399 e. The molecule has 1 aliphatic rings. The fourth-order valence-corrected chi connectivity index (χ4v) is 2.23. The lowest BCUT2D eigenvalue weighted by Gasteiger charge is -2.32. The van der Waals surface area contributed by atoms with Gasteiger partial charge < -0.3 is 9.31 Å². The number of rotatable bonds is 1. The van der Waals surface area contributed by atoms with Crippen LogP contribution in [0.5, 0.6) is 0 Å². The van der Waals surface area contributed by atoms with E-state index in [2.05, 4.69) is 53.6 Å². The van der Waals surface area contributed by atoms with Gasteiger partial charge in [-0.1, -0.05) is 20.8 Å². The number of aromatic nitrogens is 2. The van der Waals surface area contributed by atoms with Crippen LogP contribution in [0.2, 0.25) is 0 Å². The minimum absolute atomic E-state index is 0.0276. The zero-order chi connectivity index (χ0) is 14.6. The lowest BCUT2D eigenvalue weighted by atomic mass is 9.73. The summed E-state index contributed by atoms with van der Waals surface area (Å²) in [6, 6.07) is 0. The van der Waals surface area contributed by atoms with Crippen LogP contribution in [0, 0.1) is 0 Å². The Morgan fingerprint density at radius 2 is 1.58 bits per heavy atom. The van der Waals surface area contributed by atoms with Crippen LogP contribution < -0.4 is 5.46 Å². The van der Waals surface area contributed by atoms with Crippen molar-refractivity contribution in [3.8, 4) is 0 Å². The highest BCUT2D eigenvalue weighted by molar-refractivity contribution is 6.62. The summed E-state index contributed by atoms with van der Waals surface area (Å²) in [5.74, 6) is 0. The fraction of sp³-hybridized carbons (Fsp3) is 0.786. The third-order valence-electron chi connectivity index (χ3n) is 4.07. The van der Waals surface area contributed by atoms with Gasteiger partial charge >= 0.3 is 7.12 Å². The molecule has 5 heteroatoms. The molecule has 0 amide bonds. The van der Waals surface area contributed by atoms with E-state index in [-0.39, 0.29) is 23.7 Å². The Kier molecular flexibility index (Phi) is 3.15. The van der Waals surface area contributed by atoms with Crippen molar-refractivity contribution in [1.82, 2.24) is 9.78 Å². The van der Waals surface area contributed by atoms with Gasteiger partial charge in [-0.3, -0.25) is 4.68 Å². The molecule has 1 saturated heterocycles. The van der Waals surface area contributed by atoms with Crippen molar-refractivity contribution >= 4 is 12.6 Å². The number of nitrogens with zero attached hydrogens (tertiary/aromatic N) is 2. The molecule has 0 saturated carbocycles. The van der Waals surface area contributed by atoms with Crippen LogP contribution >= 0.6 is 0 Å². The topological polar surface area (TPSA) is 36.3 Å². The number of hydrogen-bond donors (Lipinski definition) is 0. The van der Waals surface area contributed by atoms with Gasteiger partial charge in [-0.25, -0.2) is 0 Å². The first kappa shape index (κ1) is 14.6. The highest BCUT2D eigenvalue weighted by Crippen LogP contribution is 2.37. The SMILES string of the molecule is Cn1cc(B2OC(C)(C)C(C)(C)O2)c(C(C)(C)C)n1. The van der Waals surface area contributed by atoms with E-state index in [1.807, 2.05) is 17.9 Å². The van der Waals surface area contributed by atoms with Crippen molar-refractivity contribution < 1.29 is 9.31 Å². The highest BCUT2D eigenvalue weighted by Gasteiger charge is 2.53. The van der Waals surface area contributed by atoms with Crippen LogP contribution in [0.25, 0.3) is 0 Å². The van der Waals surface area contributed by atoms with Gasteiger partial charge in [-0.2, -0.15) is 5.10 Å². The molecule has 0 bridgehead atoms. The third kappa shape index (κ3) is 2.46. The van der Waals surface area contributed by atoms with E-state index in [0.717, 1.165) is 11.2 Å². The van der Waals surface area contributed by atoms with Gasteiger partial charge in [0, 0.05) is 24.1 Å². The molecule has 1 aromatic rings. The van der Waals surface area contributed by atoms with Crippen LogP contribution in [-0.4, -0.2) is 28.1 Å². The number of aryl methyl sites for hydroxylation is 1. The van der Waals surface area contributed by atoms with Crippen molar-refractivity contribution in [3.05, 3.63) is 11.9 Å². The fourth-order valence-electron chi connectivity index (χ4n) is 2.23. The Balaban J connectivity index is 2.40. The largest absolute Gasteiger partial charge is 0.498 e. The summed E-state index contributed by atoms with van der Waals surface area (Å²) in [5, 5.41) is 4.58. The Labute approximate surface area is 116 Å². The molecular weight excluding hydrogens is 239 g/mol. The molecule has 1 fully saturated rings. The summed E-state index contributed by atoms with van der Waals surface area (Å²) in [4.78, 5) is 0. The first-order valence-corrected chi connectivity index (χ1v) is 6.84. The monoisotopic (exact) mass is 264 g/mol. The predicted octanol–water partition coefficient (Wildman–Crippen LogP) is 2.02. The lowest BCUT2D eigenvalue weighted by molar-refractivity contribution is 0.00578. The van der Waals surface area contributed by atoms with Gasteiger partial charge in [0.1, 0.15) is 0 Å². The first-order chi connectivity index (χ1) is 8.44. The standard InChI is InChI=1S/C14H25BN2O2/c1-12(2,3)11-10(9-17(8)16-11)15-18-13(4,5)14(6,7)19-15/h9H,1-8H3. The van der Waals surface area contributed by atoms with Gasteiger partial charge in [0.05, 0.1) is 16.9 Å². The molecule has 19 heavy (non-hydrogen) atoms. The summed E-state index contributed by atoms with van der Waals surface area (Å²) in [7, 11) is 1.59. The van der Waals surface area contributed by atoms with E-state index in [9.17, 15) is 0 Å². The van der Waals surface area contributed by atoms with E-state index in [4.69, 9.17) is 9.31 Å². The average molecular weight is 264 g/mol. The summed E-state index contributed by atoms with van der Waals surface area (Å²) in [6.45, 7) is 14.7. The van der Waals surface area contributed by atoms with E-state index in [1.165, 1.54) is 0 Å². The van der Waals surface area contributed by atoms with Crippen LogP contribution in [0.1, 0.15) is 54.2 Å². The molecule has 0 N–H and O–H groups in total. The van der Waals surface area contributed by atoms with Crippen LogP contribution in [0.15, 0.2) is 6.20 Å². The van der Waals surface area contributed by atoms with Crippen molar-refractivity contribution in [2.45, 2.75) is 65.1 Å². The molecule has 2 heterocycles. The minimum atomic E-state index is -0.340. The van der Waals surface area contributed by atoms with Crippen LogP contribution in [0.4, 0.5) is 0 Å². The predicted molar refractivity (Wildman–Crippen MR) is 77.6 cm³/mol. The molecular formula is C14H25BN2O2. The molecule has 1 aromatic heterocycles. The van der Waals surface area contributed by atoms with Gasteiger partial charge in [-0.05, 0) is 27.7 Å². The van der Waals surface area contributed by atoms with Gasteiger partial charge in [0.15, 0.2) is 0 Å². The van der Waals surface area contributed by atoms with E-state index in [0.29, 0.717) is 0 Å². The average Bonchev–Trinajstić information content (AvgIpc) is 2.65. The molecule has 4 nitrogen and oxygen atoms in total. The smallest absolute Gasteiger partial charge is 0.399 e. The normalized spacial score (nSPS) is 22.0. The molecule has 1 aliphatic heterocycles. The molecule has 106 valence electrons. The highest BCUT2D eigenvalue weighted by atomic mass is 16.7. The molecule has 0 spiro atoms. The van der Waals surface area contributed by atoms with E-state index in [1.54, 1.807) is 0 Å². The Bertz CT molecular complexity index is 470. The van der Waals surface area contributed by atoms with E-state index >= 15 is 0 Å². The van der Waals surface area contributed by atoms with Crippen LogP contribution in [-0.2, 0) is 21.8 Å². The lowest BCUT2D eigenvalue weighted by Crippen LogP contribution is -2.41. The van der Waals surface area contributed by atoms with Crippen molar-refractivity contribution in [2.75, 3.05) is 0 Å². The molecule has 2 rings (SSSR count). The van der Waals surface area contributed by atoms with Crippen molar-refractivity contribution in [3.63, 3.8) is 0 Å². The maximum absolute atomic E-state index is 6.12. The molecule has 0 radical (unpaired) electrons. The summed E-state index contributed by atoms with van der Waals surface area (Å²) < 4.78 is 14.1. The van der Waals surface area contributed by atoms with E-state index < -0.39 is 0 Å². The maximum Gasteiger partial charge on any atom is 0.498 e. The Morgan fingerprint density at radius 3 is 2.00 bits per heavy atom. The first-order valence-electron chi connectivity index (χ1n) is 6.84. The summed E-state index contributed by atoms with van der Waals surface area (Å²) in [5.41, 5.74) is 1.41. The third-order valence-corrected chi connectivity index (χ3v) is 4.07. The van der Waals surface area contributed by atoms with Gasteiger partial charge in [-0.15, -0.1) is 0 Å². The zero-order valence-corrected chi connectivity index (χ0v) is 13.4. The summed E-state index contributed by atoms with van der Waals surface area (Å²) >= 11 is 0. The molecule has 0 aromatic carbocycles.